The van der Waals surface area contributed by atoms with Crippen LogP contribution in [0.3, 0.4) is 0 Å². The topological polar surface area (TPSA) is 74.0 Å². The van der Waals surface area contributed by atoms with Crippen LogP contribution in [-0.2, 0) is 11.2 Å². The van der Waals surface area contributed by atoms with E-state index in [4.69, 9.17) is 19.9 Å². The van der Waals surface area contributed by atoms with Crippen molar-refractivity contribution in [3.63, 3.8) is 0 Å². The molecule has 2 aromatic carbocycles. The summed E-state index contributed by atoms with van der Waals surface area (Å²) in [4.78, 5) is 14.1. The van der Waals surface area contributed by atoms with Crippen LogP contribution in [0.25, 0.3) is 0 Å². The van der Waals surface area contributed by atoms with E-state index in [9.17, 15) is 4.79 Å². The van der Waals surface area contributed by atoms with Crippen molar-refractivity contribution in [3.8, 4) is 17.2 Å². The number of carbonyl (C=O) groups is 1. The van der Waals surface area contributed by atoms with Gasteiger partial charge in [0.15, 0.2) is 11.5 Å². The van der Waals surface area contributed by atoms with Crippen LogP contribution in [0.4, 0.5) is 11.4 Å². The fourth-order valence-electron chi connectivity index (χ4n) is 2.58. The molecule has 0 bridgehead atoms. The first kappa shape index (κ1) is 21.4. The minimum absolute atomic E-state index is 0. The second-order valence-corrected chi connectivity index (χ2v) is 5.54. The number of nitrogen functional groups attached to an aromatic ring is 1. The summed E-state index contributed by atoms with van der Waals surface area (Å²) in [7, 11) is 6.35. The van der Waals surface area contributed by atoms with Crippen molar-refractivity contribution < 1.29 is 19.0 Å². The van der Waals surface area contributed by atoms with Crippen LogP contribution in [0.15, 0.2) is 36.4 Å². The second-order valence-electron chi connectivity index (χ2n) is 5.54. The Morgan fingerprint density at radius 1 is 1.04 bits per heavy atom. The standard InChI is InChI=1S/C19H24N2O4.ClH/c1-21(18(22)10-9-13-7-5-6-8-15(13)20)14-11-16(23-2)19(25-4)17(12-14)24-3;/h5-8,11-12H,9-10,20H2,1-4H3;1H. The van der Waals surface area contributed by atoms with E-state index >= 15 is 0 Å². The monoisotopic (exact) mass is 380 g/mol. The number of benzene rings is 2. The van der Waals surface area contributed by atoms with Gasteiger partial charge in [0.1, 0.15) is 0 Å². The average molecular weight is 381 g/mol. The Labute approximate surface area is 160 Å². The highest BCUT2D eigenvalue weighted by Gasteiger charge is 2.18. The van der Waals surface area contributed by atoms with E-state index in [1.807, 2.05) is 24.3 Å². The Bertz CT molecular complexity index is 727. The van der Waals surface area contributed by atoms with Gasteiger partial charge in [0, 0.05) is 31.3 Å². The molecule has 0 saturated carbocycles. The number of hydrogen-bond acceptors (Lipinski definition) is 5. The summed E-state index contributed by atoms with van der Waals surface area (Å²) < 4.78 is 16.0. The number of hydrogen-bond donors (Lipinski definition) is 1. The van der Waals surface area contributed by atoms with Gasteiger partial charge >= 0.3 is 0 Å². The Kier molecular flexibility index (Phi) is 8.06. The summed E-state index contributed by atoms with van der Waals surface area (Å²) in [5.41, 5.74) is 8.26. The third-order valence-electron chi connectivity index (χ3n) is 4.07. The van der Waals surface area contributed by atoms with Crippen molar-refractivity contribution in [3.05, 3.63) is 42.0 Å². The number of nitrogens with zero attached hydrogens (tertiary/aromatic N) is 1. The molecule has 0 aliphatic rings. The summed E-state index contributed by atoms with van der Waals surface area (Å²) in [6.45, 7) is 0. The molecule has 0 aliphatic carbocycles. The molecule has 0 radical (unpaired) electrons. The first-order chi connectivity index (χ1) is 12.0. The first-order valence-corrected chi connectivity index (χ1v) is 7.91. The number of rotatable bonds is 7. The molecule has 26 heavy (non-hydrogen) atoms. The molecule has 142 valence electrons. The second kappa shape index (κ2) is 9.77. The lowest BCUT2D eigenvalue weighted by molar-refractivity contribution is -0.118. The fraction of sp³-hybridized carbons (Fsp3) is 0.316. The Morgan fingerprint density at radius 2 is 1.62 bits per heavy atom. The number of para-hydroxylation sites is 1. The van der Waals surface area contributed by atoms with Gasteiger partial charge in [0.25, 0.3) is 0 Å². The van der Waals surface area contributed by atoms with Crippen molar-refractivity contribution in [2.75, 3.05) is 39.0 Å². The number of methoxy groups -OCH3 is 3. The number of aryl methyl sites for hydroxylation is 1. The van der Waals surface area contributed by atoms with E-state index < -0.39 is 0 Å². The highest BCUT2D eigenvalue weighted by atomic mass is 35.5. The molecule has 7 heteroatoms. The zero-order valence-corrected chi connectivity index (χ0v) is 16.3. The van der Waals surface area contributed by atoms with Crippen molar-refractivity contribution in [2.45, 2.75) is 12.8 Å². The molecule has 2 rings (SSSR count). The molecule has 2 aromatic rings. The Balaban J connectivity index is 0.00000338. The quantitative estimate of drug-likeness (QED) is 0.746. The number of amides is 1. The zero-order chi connectivity index (χ0) is 18.4. The van der Waals surface area contributed by atoms with Gasteiger partial charge in [-0.15, -0.1) is 12.4 Å². The van der Waals surface area contributed by atoms with Gasteiger partial charge in [-0.2, -0.15) is 0 Å². The number of carbonyl (C=O) groups excluding carboxylic acids is 1. The largest absolute Gasteiger partial charge is 0.493 e. The molecule has 0 atom stereocenters. The van der Waals surface area contributed by atoms with Gasteiger partial charge in [-0.3, -0.25) is 4.79 Å². The van der Waals surface area contributed by atoms with Crippen LogP contribution < -0.4 is 24.8 Å². The molecule has 0 aromatic heterocycles. The van der Waals surface area contributed by atoms with Crippen molar-refractivity contribution in [2.24, 2.45) is 0 Å². The van der Waals surface area contributed by atoms with Crippen molar-refractivity contribution in [1.29, 1.82) is 0 Å². The number of anilines is 2. The maximum atomic E-state index is 12.6. The lowest BCUT2D eigenvalue weighted by Gasteiger charge is -2.21. The van der Waals surface area contributed by atoms with Gasteiger partial charge in [0.05, 0.1) is 27.0 Å². The predicted octanol–water partition coefficient (Wildman–Crippen LogP) is 3.31. The maximum Gasteiger partial charge on any atom is 0.227 e. The molecular weight excluding hydrogens is 356 g/mol. The summed E-state index contributed by atoms with van der Waals surface area (Å²) >= 11 is 0. The van der Waals surface area contributed by atoms with Crippen LogP contribution >= 0.6 is 12.4 Å². The Morgan fingerprint density at radius 3 is 2.12 bits per heavy atom. The molecule has 0 saturated heterocycles. The van der Waals surface area contributed by atoms with Gasteiger partial charge in [-0.1, -0.05) is 18.2 Å². The van der Waals surface area contributed by atoms with Crippen molar-refractivity contribution >= 4 is 29.7 Å². The molecule has 0 unspecified atom stereocenters. The highest BCUT2D eigenvalue weighted by molar-refractivity contribution is 5.93. The third kappa shape index (κ3) is 4.73. The van der Waals surface area contributed by atoms with Gasteiger partial charge in [-0.05, 0) is 18.1 Å². The molecule has 1 amide bonds. The molecule has 0 heterocycles. The third-order valence-corrected chi connectivity index (χ3v) is 4.07. The molecular formula is C19H25ClN2O4. The number of nitrogens with two attached hydrogens (primary N) is 1. The van der Waals surface area contributed by atoms with E-state index in [0.29, 0.717) is 41.5 Å². The van der Waals surface area contributed by atoms with E-state index in [0.717, 1.165) is 5.56 Å². The van der Waals surface area contributed by atoms with Crippen molar-refractivity contribution in [1.82, 2.24) is 0 Å². The molecule has 0 fully saturated rings. The smallest absolute Gasteiger partial charge is 0.227 e. The van der Waals surface area contributed by atoms with Gasteiger partial charge in [-0.25, -0.2) is 0 Å². The summed E-state index contributed by atoms with van der Waals surface area (Å²) in [6.07, 6.45) is 0.932. The lowest BCUT2D eigenvalue weighted by atomic mass is 10.1. The molecule has 0 aliphatic heterocycles. The van der Waals surface area contributed by atoms with E-state index in [2.05, 4.69) is 0 Å². The SMILES string of the molecule is COc1cc(N(C)C(=O)CCc2ccccc2N)cc(OC)c1OC.Cl. The van der Waals surface area contributed by atoms with Crippen LogP contribution in [0.2, 0.25) is 0 Å². The Hall–Kier alpha value is -2.60. The zero-order valence-electron chi connectivity index (χ0n) is 15.4. The van der Waals surface area contributed by atoms with Gasteiger partial charge in [0.2, 0.25) is 11.7 Å². The molecule has 0 spiro atoms. The molecule has 6 nitrogen and oxygen atoms in total. The number of ether oxygens (including phenoxy) is 3. The normalized spacial score (nSPS) is 9.85. The summed E-state index contributed by atoms with van der Waals surface area (Å²) in [5.74, 6) is 1.47. The molecule has 2 N–H and O–H groups in total. The highest BCUT2D eigenvalue weighted by Crippen LogP contribution is 2.40. The van der Waals surface area contributed by atoms with E-state index in [1.165, 1.54) is 0 Å². The predicted molar refractivity (Wildman–Crippen MR) is 106 cm³/mol. The van der Waals surface area contributed by atoms with Gasteiger partial charge < -0.3 is 24.8 Å². The van der Waals surface area contributed by atoms with E-state index in [-0.39, 0.29) is 18.3 Å². The first-order valence-electron chi connectivity index (χ1n) is 7.91. The summed E-state index contributed by atoms with van der Waals surface area (Å²) in [6, 6.07) is 11.1. The van der Waals surface area contributed by atoms with Crippen LogP contribution in [-0.4, -0.2) is 34.3 Å². The minimum Gasteiger partial charge on any atom is -0.493 e. The summed E-state index contributed by atoms with van der Waals surface area (Å²) in [5, 5.41) is 0. The average Bonchev–Trinajstić information content (AvgIpc) is 2.65. The fourth-order valence-corrected chi connectivity index (χ4v) is 2.58. The van der Waals surface area contributed by atoms with Crippen LogP contribution in [0, 0.1) is 0 Å². The van der Waals surface area contributed by atoms with E-state index in [1.54, 1.807) is 45.4 Å². The van der Waals surface area contributed by atoms with Crippen LogP contribution in [0.1, 0.15) is 12.0 Å². The lowest BCUT2D eigenvalue weighted by Crippen LogP contribution is -2.26. The minimum atomic E-state index is -0.0301. The maximum absolute atomic E-state index is 12.6. The number of halogens is 1. The van der Waals surface area contributed by atoms with Crippen LogP contribution in [0.5, 0.6) is 17.2 Å².